The molecule has 3 N–H and O–H groups in total. The van der Waals surface area contributed by atoms with E-state index >= 15 is 0 Å². The van der Waals surface area contributed by atoms with Gasteiger partial charge < -0.3 is 9.73 Å². The average Bonchev–Trinajstić information content (AvgIpc) is 3.38. The van der Waals surface area contributed by atoms with E-state index in [1.807, 2.05) is 0 Å². The van der Waals surface area contributed by atoms with Gasteiger partial charge in [-0.3, -0.25) is 14.4 Å². The maximum absolute atomic E-state index is 12.8. The highest BCUT2D eigenvalue weighted by molar-refractivity contribution is 8.00. The second-order valence-electron chi connectivity index (χ2n) is 6.87. The Bertz CT molecular complexity index is 1270. The van der Waals surface area contributed by atoms with E-state index in [1.165, 1.54) is 42.3 Å². The molecule has 1 unspecified atom stereocenters. The smallest absolute Gasteiger partial charge is 0.291 e. The summed E-state index contributed by atoms with van der Waals surface area (Å²) in [6, 6.07) is 15.3. The molecule has 9 nitrogen and oxygen atoms in total. The van der Waals surface area contributed by atoms with Crippen molar-refractivity contribution >= 4 is 50.9 Å². The highest BCUT2D eigenvalue weighted by atomic mass is 32.2. The van der Waals surface area contributed by atoms with Gasteiger partial charge in [0.2, 0.25) is 21.8 Å². The lowest BCUT2D eigenvalue weighted by Gasteiger charge is -2.15. The Labute approximate surface area is 187 Å². The number of thioether (sulfide) groups is 1. The van der Waals surface area contributed by atoms with Crippen molar-refractivity contribution in [3.05, 3.63) is 72.7 Å². The van der Waals surface area contributed by atoms with Gasteiger partial charge in [0.1, 0.15) is 0 Å². The molecule has 11 heteroatoms. The van der Waals surface area contributed by atoms with Crippen molar-refractivity contribution in [2.24, 2.45) is 5.14 Å². The molecule has 1 saturated heterocycles. The Balaban J connectivity index is 1.42. The van der Waals surface area contributed by atoms with Crippen molar-refractivity contribution in [2.45, 2.75) is 21.5 Å². The van der Waals surface area contributed by atoms with E-state index in [1.54, 1.807) is 36.4 Å². The molecule has 1 aliphatic rings. The summed E-state index contributed by atoms with van der Waals surface area (Å²) in [6.07, 6.45) is 1.42. The first kappa shape index (κ1) is 21.8. The highest BCUT2D eigenvalue weighted by Gasteiger charge is 2.40. The molecule has 3 amide bonds. The van der Waals surface area contributed by atoms with E-state index in [-0.39, 0.29) is 34.6 Å². The van der Waals surface area contributed by atoms with Gasteiger partial charge in [-0.2, -0.15) is 0 Å². The highest BCUT2D eigenvalue weighted by Crippen LogP contribution is 2.34. The standard InChI is InChI=1S/C21H17N3O6S2/c22-32(28,29)16-9-5-14(6-10-16)24-19(25)12-18(21(24)27)31-15-7-3-13(4-8-15)23-20(26)17-2-1-11-30-17/h1-11,18H,12H2,(H,23,26)(H2,22,28,29). The fourth-order valence-corrected chi connectivity index (χ4v) is 4.70. The Hall–Kier alpha value is -3.41. The molecule has 0 radical (unpaired) electrons. The quantitative estimate of drug-likeness (QED) is 0.527. The van der Waals surface area contributed by atoms with Crippen LogP contribution in [0.25, 0.3) is 0 Å². The number of anilines is 2. The number of carbonyl (C=O) groups excluding carboxylic acids is 3. The van der Waals surface area contributed by atoms with E-state index in [0.717, 1.165) is 9.80 Å². The number of primary sulfonamides is 1. The average molecular weight is 472 g/mol. The zero-order valence-electron chi connectivity index (χ0n) is 16.4. The molecule has 0 aliphatic carbocycles. The van der Waals surface area contributed by atoms with Gasteiger partial charge in [-0.1, -0.05) is 0 Å². The molecule has 2 aromatic carbocycles. The number of hydrogen-bond donors (Lipinski definition) is 2. The molecule has 0 spiro atoms. The van der Waals surface area contributed by atoms with E-state index < -0.39 is 21.2 Å². The number of nitrogens with zero attached hydrogens (tertiary/aromatic N) is 1. The van der Waals surface area contributed by atoms with Crippen LogP contribution < -0.4 is 15.4 Å². The van der Waals surface area contributed by atoms with Crippen molar-refractivity contribution in [3.8, 4) is 0 Å². The number of imide groups is 1. The maximum atomic E-state index is 12.8. The van der Waals surface area contributed by atoms with Crippen LogP contribution in [0, 0.1) is 0 Å². The van der Waals surface area contributed by atoms with Crippen molar-refractivity contribution in [1.82, 2.24) is 0 Å². The first-order valence-corrected chi connectivity index (χ1v) is 11.8. The van der Waals surface area contributed by atoms with Gasteiger partial charge >= 0.3 is 0 Å². The minimum atomic E-state index is -3.87. The Kier molecular flexibility index (Phi) is 5.87. The molecule has 1 fully saturated rings. The zero-order valence-corrected chi connectivity index (χ0v) is 18.1. The molecule has 164 valence electrons. The first-order chi connectivity index (χ1) is 15.2. The number of benzene rings is 2. The molecular formula is C21H17N3O6S2. The number of hydrogen-bond acceptors (Lipinski definition) is 7. The second kappa shape index (κ2) is 8.61. The summed E-state index contributed by atoms with van der Waals surface area (Å²) >= 11 is 1.24. The molecule has 32 heavy (non-hydrogen) atoms. The van der Waals surface area contributed by atoms with Gasteiger partial charge in [-0.25, -0.2) is 18.5 Å². The normalized spacial score (nSPS) is 16.4. The minimum Gasteiger partial charge on any atom is -0.459 e. The van der Waals surface area contributed by atoms with Crippen molar-refractivity contribution in [1.29, 1.82) is 0 Å². The summed E-state index contributed by atoms with van der Waals surface area (Å²) in [7, 11) is -3.87. The van der Waals surface area contributed by atoms with E-state index in [2.05, 4.69) is 5.32 Å². The largest absolute Gasteiger partial charge is 0.459 e. The lowest BCUT2D eigenvalue weighted by Crippen LogP contribution is -2.31. The monoisotopic (exact) mass is 471 g/mol. The molecule has 0 saturated carbocycles. The number of amides is 3. The van der Waals surface area contributed by atoms with Crippen molar-refractivity contribution in [2.75, 3.05) is 10.2 Å². The number of furan rings is 1. The number of sulfonamides is 1. The third kappa shape index (κ3) is 4.59. The predicted octanol–water partition coefficient (Wildman–Crippen LogP) is 2.60. The van der Waals surface area contributed by atoms with Crippen LogP contribution in [0.3, 0.4) is 0 Å². The molecule has 4 rings (SSSR count). The van der Waals surface area contributed by atoms with E-state index in [4.69, 9.17) is 9.56 Å². The van der Waals surface area contributed by atoms with Crippen LogP contribution in [0.2, 0.25) is 0 Å². The summed E-state index contributed by atoms with van der Waals surface area (Å²) in [5, 5.41) is 7.16. The first-order valence-electron chi connectivity index (χ1n) is 9.33. The Morgan fingerprint density at radius 1 is 1.06 bits per heavy atom. The molecule has 0 bridgehead atoms. The lowest BCUT2D eigenvalue weighted by atomic mass is 10.3. The summed E-state index contributed by atoms with van der Waals surface area (Å²) < 4.78 is 27.8. The second-order valence-corrected chi connectivity index (χ2v) is 9.71. The van der Waals surface area contributed by atoms with Crippen LogP contribution in [0.15, 0.2) is 81.1 Å². The van der Waals surface area contributed by atoms with E-state index in [0.29, 0.717) is 5.69 Å². The summed E-state index contributed by atoms with van der Waals surface area (Å²) in [5.41, 5.74) is 0.840. The molecule has 1 aliphatic heterocycles. The summed E-state index contributed by atoms with van der Waals surface area (Å²) in [6.45, 7) is 0. The van der Waals surface area contributed by atoms with Gasteiger partial charge in [-0.15, -0.1) is 11.8 Å². The number of nitrogens with two attached hydrogens (primary N) is 1. The lowest BCUT2D eigenvalue weighted by molar-refractivity contribution is -0.121. The van der Waals surface area contributed by atoms with Crippen LogP contribution in [-0.4, -0.2) is 31.4 Å². The SMILES string of the molecule is NS(=O)(=O)c1ccc(N2C(=O)CC(Sc3ccc(NC(=O)c4ccco4)cc3)C2=O)cc1. The van der Waals surface area contributed by atoms with Crippen LogP contribution in [0.1, 0.15) is 17.0 Å². The van der Waals surface area contributed by atoms with Gasteiger partial charge in [0.25, 0.3) is 5.91 Å². The van der Waals surface area contributed by atoms with Gasteiger partial charge in [0.15, 0.2) is 5.76 Å². The third-order valence-electron chi connectivity index (χ3n) is 4.66. The number of rotatable bonds is 6. The van der Waals surface area contributed by atoms with Crippen LogP contribution >= 0.6 is 11.8 Å². The third-order valence-corrected chi connectivity index (χ3v) is 6.79. The molecule has 3 aromatic rings. The van der Waals surface area contributed by atoms with Gasteiger partial charge in [-0.05, 0) is 60.7 Å². The summed E-state index contributed by atoms with van der Waals surface area (Å²) in [5.74, 6) is -0.955. The maximum Gasteiger partial charge on any atom is 0.291 e. The van der Waals surface area contributed by atoms with Crippen molar-refractivity contribution in [3.63, 3.8) is 0 Å². The molecule has 2 heterocycles. The number of nitrogens with one attached hydrogen (secondary N) is 1. The van der Waals surface area contributed by atoms with Crippen LogP contribution in [0.5, 0.6) is 0 Å². The Morgan fingerprint density at radius 3 is 2.34 bits per heavy atom. The van der Waals surface area contributed by atoms with Crippen molar-refractivity contribution < 1.29 is 27.2 Å². The predicted molar refractivity (Wildman–Crippen MR) is 118 cm³/mol. The Morgan fingerprint density at radius 2 is 1.75 bits per heavy atom. The van der Waals surface area contributed by atoms with Crippen LogP contribution in [-0.2, 0) is 19.6 Å². The van der Waals surface area contributed by atoms with E-state index in [9.17, 15) is 22.8 Å². The van der Waals surface area contributed by atoms with Gasteiger partial charge in [0, 0.05) is 17.0 Å². The molecular weight excluding hydrogens is 454 g/mol. The van der Waals surface area contributed by atoms with Crippen LogP contribution in [0.4, 0.5) is 11.4 Å². The summed E-state index contributed by atoms with van der Waals surface area (Å²) in [4.78, 5) is 39.0. The fraction of sp³-hybridized carbons (Fsp3) is 0.0952. The zero-order chi connectivity index (χ0) is 22.9. The molecule has 1 atom stereocenters. The molecule has 1 aromatic heterocycles. The fourth-order valence-electron chi connectivity index (χ4n) is 3.13. The topological polar surface area (TPSA) is 140 Å². The minimum absolute atomic E-state index is 0.0113. The van der Waals surface area contributed by atoms with Gasteiger partial charge in [0.05, 0.1) is 22.1 Å². The number of carbonyl (C=O) groups is 3.